The predicted octanol–water partition coefficient (Wildman–Crippen LogP) is 3.88. The Hall–Kier alpha value is -2.26. The van der Waals surface area contributed by atoms with Gasteiger partial charge in [-0.2, -0.15) is 13.2 Å². The SMILES string of the molecule is O=S(=O)(Nc1cc(OCC2CCNCC2)cc(C(F)(F)F)c1)c1ccccc1. The van der Waals surface area contributed by atoms with E-state index in [0.29, 0.717) is 0 Å². The van der Waals surface area contributed by atoms with Crippen LogP contribution in [0.5, 0.6) is 5.75 Å². The number of nitrogens with one attached hydrogen (secondary N) is 2. The second kappa shape index (κ2) is 8.40. The van der Waals surface area contributed by atoms with Gasteiger partial charge >= 0.3 is 6.18 Å². The first-order valence-electron chi connectivity index (χ1n) is 8.88. The zero-order valence-corrected chi connectivity index (χ0v) is 15.8. The molecule has 1 aliphatic rings. The van der Waals surface area contributed by atoms with Crippen LogP contribution in [0.2, 0.25) is 0 Å². The molecule has 0 radical (unpaired) electrons. The van der Waals surface area contributed by atoms with Gasteiger partial charge < -0.3 is 10.1 Å². The van der Waals surface area contributed by atoms with Crippen molar-refractivity contribution in [2.24, 2.45) is 5.92 Å². The van der Waals surface area contributed by atoms with Crippen molar-refractivity contribution in [3.05, 3.63) is 54.1 Å². The van der Waals surface area contributed by atoms with E-state index in [1.165, 1.54) is 30.3 Å². The number of ether oxygens (including phenoxy) is 1. The molecule has 1 saturated heterocycles. The maximum atomic E-state index is 13.3. The van der Waals surface area contributed by atoms with E-state index in [1.54, 1.807) is 6.07 Å². The molecule has 9 heteroatoms. The third-order valence-corrected chi connectivity index (χ3v) is 5.88. The minimum absolute atomic E-state index is 0.0147. The van der Waals surface area contributed by atoms with Crippen molar-refractivity contribution in [2.75, 3.05) is 24.4 Å². The number of benzene rings is 2. The third kappa shape index (κ3) is 5.39. The van der Waals surface area contributed by atoms with Crippen LogP contribution in [0, 0.1) is 5.92 Å². The van der Waals surface area contributed by atoms with E-state index in [-0.39, 0.29) is 28.9 Å². The summed E-state index contributed by atoms with van der Waals surface area (Å²) < 4.78 is 72.4. The molecule has 1 heterocycles. The molecule has 2 N–H and O–H groups in total. The summed E-state index contributed by atoms with van der Waals surface area (Å²) in [5.74, 6) is 0.236. The molecule has 0 atom stereocenters. The smallest absolute Gasteiger partial charge is 0.416 e. The second-order valence-electron chi connectivity index (χ2n) is 6.67. The summed E-state index contributed by atoms with van der Waals surface area (Å²) in [4.78, 5) is -0.0374. The number of hydrogen-bond donors (Lipinski definition) is 2. The molecule has 0 bridgehead atoms. The molecular weight excluding hydrogens is 393 g/mol. The fraction of sp³-hybridized carbons (Fsp3) is 0.368. The lowest BCUT2D eigenvalue weighted by Gasteiger charge is -2.23. The average molecular weight is 414 g/mol. The van der Waals surface area contributed by atoms with Gasteiger partial charge in [0.1, 0.15) is 5.75 Å². The summed E-state index contributed by atoms with van der Waals surface area (Å²) in [6, 6.07) is 10.4. The van der Waals surface area contributed by atoms with Crippen LogP contribution in [0.3, 0.4) is 0 Å². The molecule has 2 aromatic carbocycles. The average Bonchev–Trinajstić information content (AvgIpc) is 2.67. The molecule has 0 aliphatic carbocycles. The first kappa shape index (κ1) is 20.5. The van der Waals surface area contributed by atoms with Crippen LogP contribution < -0.4 is 14.8 Å². The topological polar surface area (TPSA) is 67.4 Å². The van der Waals surface area contributed by atoms with Gasteiger partial charge in [-0.05, 0) is 56.1 Å². The van der Waals surface area contributed by atoms with Gasteiger partial charge in [-0.3, -0.25) is 4.72 Å². The molecule has 3 rings (SSSR count). The monoisotopic (exact) mass is 414 g/mol. The number of rotatable bonds is 6. The Bertz CT molecular complexity index is 896. The summed E-state index contributed by atoms with van der Waals surface area (Å²) >= 11 is 0. The summed E-state index contributed by atoms with van der Waals surface area (Å²) in [5.41, 5.74) is -1.17. The van der Waals surface area contributed by atoms with E-state index in [1.807, 2.05) is 0 Å². The number of halogens is 3. The molecule has 0 aromatic heterocycles. The van der Waals surface area contributed by atoms with E-state index in [9.17, 15) is 21.6 Å². The standard InChI is InChI=1S/C19H21F3N2O3S/c20-19(21,22)15-10-16(24-28(25,26)18-4-2-1-3-5-18)12-17(11-15)27-13-14-6-8-23-9-7-14/h1-5,10-12,14,23-24H,6-9,13H2. The molecule has 0 unspecified atom stereocenters. The highest BCUT2D eigenvalue weighted by atomic mass is 32.2. The molecular formula is C19H21F3N2O3S. The molecule has 5 nitrogen and oxygen atoms in total. The third-order valence-electron chi connectivity index (χ3n) is 4.48. The molecule has 0 amide bonds. The minimum atomic E-state index is -4.62. The highest BCUT2D eigenvalue weighted by Gasteiger charge is 2.32. The lowest BCUT2D eigenvalue weighted by Crippen LogP contribution is -2.30. The Kier molecular flexibility index (Phi) is 6.14. The molecule has 1 aliphatic heterocycles. The van der Waals surface area contributed by atoms with Crippen molar-refractivity contribution < 1.29 is 26.3 Å². The maximum Gasteiger partial charge on any atom is 0.416 e. The lowest BCUT2D eigenvalue weighted by molar-refractivity contribution is -0.137. The van der Waals surface area contributed by atoms with E-state index >= 15 is 0 Å². The quantitative estimate of drug-likeness (QED) is 0.753. The fourth-order valence-electron chi connectivity index (χ4n) is 2.98. The second-order valence-corrected chi connectivity index (χ2v) is 8.35. The van der Waals surface area contributed by atoms with E-state index in [0.717, 1.165) is 38.1 Å². The van der Waals surface area contributed by atoms with Gasteiger partial charge in [-0.15, -0.1) is 0 Å². The summed E-state index contributed by atoms with van der Waals surface area (Å²) in [6.45, 7) is 1.98. The zero-order valence-electron chi connectivity index (χ0n) is 15.0. The predicted molar refractivity (Wildman–Crippen MR) is 99.8 cm³/mol. The Morgan fingerprint density at radius 3 is 2.39 bits per heavy atom. The van der Waals surface area contributed by atoms with E-state index in [4.69, 9.17) is 4.74 Å². The van der Waals surface area contributed by atoms with Crippen LogP contribution in [0.25, 0.3) is 0 Å². The van der Waals surface area contributed by atoms with Crippen molar-refractivity contribution >= 4 is 15.7 Å². The van der Waals surface area contributed by atoms with Crippen molar-refractivity contribution in [3.63, 3.8) is 0 Å². The van der Waals surface area contributed by atoms with Crippen molar-refractivity contribution in [3.8, 4) is 5.75 Å². The van der Waals surface area contributed by atoms with Crippen molar-refractivity contribution in [1.82, 2.24) is 5.32 Å². The van der Waals surface area contributed by atoms with E-state index < -0.39 is 21.8 Å². The van der Waals surface area contributed by atoms with Crippen LogP contribution in [-0.2, 0) is 16.2 Å². The van der Waals surface area contributed by atoms with E-state index in [2.05, 4.69) is 10.0 Å². The van der Waals surface area contributed by atoms with Gasteiger partial charge in [-0.25, -0.2) is 8.42 Å². The molecule has 1 fully saturated rings. The van der Waals surface area contributed by atoms with Crippen LogP contribution >= 0.6 is 0 Å². The molecule has 152 valence electrons. The molecule has 2 aromatic rings. The number of sulfonamides is 1. The summed E-state index contributed by atoms with van der Waals surface area (Å²) in [5, 5.41) is 3.21. The fourth-order valence-corrected chi connectivity index (χ4v) is 4.04. The first-order chi connectivity index (χ1) is 13.2. The van der Waals surface area contributed by atoms with Gasteiger partial charge in [0.25, 0.3) is 10.0 Å². The Labute approximate surface area is 162 Å². The van der Waals surface area contributed by atoms with Crippen molar-refractivity contribution in [1.29, 1.82) is 0 Å². The number of piperidine rings is 1. The minimum Gasteiger partial charge on any atom is -0.493 e. The van der Waals surface area contributed by atoms with Crippen LogP contribution in [0.4, 0.5) is 18.9 Å². The first-order valence-corrected chi connectivity index (χ1v) is 10.4. The van der Waals surface area contributed by atoms with Gasteiger partial charge in [-0.1, -0.05) is 18.2 Å². The highest BCUT2D eigenvalue weighted by Crippen LogP contribution is 2.35. The lowest BCUT2D eigenvalue weighted by atomic mass is 9.99. The normalized spacial score (nSPS) is 16.0. The Balaban J connectivity index is 1.83. The Morgan fingerprint density at radius 2 is 1.75 bits per heavy atom. The number of hydrogen-bond acceptors (Lipinski definition) is 4. The molecule has 28 heavy (non-hydrogen) atoms. The van der Waals surface area contributed by atoms with Gasteiger partial charge in [0, 0.05) is 6.07 Å². The van der Waals surface area contributed by atoms with Crippen LogP contribution in [-0.4, -0.2) is 28.1 Å². The summed E-state index contributed by atoms with van der Waals surface area (Å²) in [7, 11) is -4.01. The van der Waals surface area contributed by atoms with Crippen LogP contribution in [0.15, 0.2) is 53.4 Å². The Morgan fingerprint density at radius 1 is 1.07 bits per heavy atom. The largest absolute Gasteiger partial charge is 0.493 e. The van der Waals surface area contributed by atoms with Gasteiger partial charge in [0.05, 0.1) is 22.8 Å². The molecule has 0 spiro atoms. The highest BCUT2D eigenvalue weighted by molar-refractivity contribution is 7.92. The number of anilines is 1. The summed E-state index contributed by atoms with van der Waals surface area (Å²) in [6.07, 6.45) is -2.86. The van der Waals surface area contributed by atoms with Gasteiger partial charge in [0.2, 0.25) is 0 Å². The van der Waals surface area contributed by atoms with Crippen LogP contribution in [0.1, 0.15) is 18.4 Å². The van der Waals surface area contributed by atoms with Gasteiger partial charge in [0.15, 0.2) is 0 Å². The number of alkyl halides is 3. The zero-order chi connectivity index (χ0) is 20.2. The molecule has 0 saturated carbocycles. The van der Waals surface area contributed by atoms with Crippen molar-refractivity contribution in [2.45, 2.75) is 23.9 Å². The maximum absolute atomic E-state index is 13.3.